The Kier molecular flexibility index (Phi) is 5.77. The number of halogens is 1. The fourth-order valence-corrected chi connectivity index (χ4v) is 3.58. The van der Waals surface area contributed by atoms with Crippen LogP contribution < -0.4 is 10.5 Å². The third kappa shape index (κ3) is 3.83. The molecular weight excluding hydrogens is 386 g/mol. The molecule has 4 heterocycles. The van der Waals surface area contributed by atoms with Crippen molar-refractivity contribution in [2.45, 2.75) is 24.7 Å². The number of allylic oxidation sites excluding steroid dienone is 1. The Hall–Kier alpha value is -2.20. The molecule has 3 atom stereocenters. The highest BCUT2D eigenvalue weighted by Gasteiger charge is 2.43. The molecule has 0 aromatic carbocycles. The molecule has 0 aliphatic carbocycles. The lowest BCUT2D eigenvalue weighted by Gasteiger charge is -2.15. The lowest BCUT2D eigenvalue weighted by atomic mass is 10.1. The molecule has 3 N–H and O–H groups in total. The van der Waals surface area contributed by atoms with Crippen molar-refractivity contribution < 1.29 is 18.9 Å². The van der Waals surface area contributed by atoms with Crippen LogP contribution in [0.2, 0.25) is 5.02 Å². The van der Waals surface area contributed by atoms with E-state index in [0.29, 0.717) is 59.8 Å². The Balaban J connectivity index is 1.54. The van der Waals surface area contributed by atoms with Crippen molar-refractivity contribution in [3.63, 3.8) is 0 Å². The molecule has 28 heavy (non-hydrogen) atoms. The van der Waals surface area contributed by atoms with Crippen molar-refractivity contribution in [3.8, 4) is 6.01 Å². The van der Waals surface area contributed by atoms with E-state index < -0.39 is 0 Å². The molecule has 1 unspecified atom stereocenters. The number of fused-ring (bicyclic) bond motifs is 2. The van der Waals surface area contributed by atoms with E-state index in [1.165, 1.54) is 6.20 Å². The Morgan fingerprint density at radius 2 is 2.36 bits per heavy atom. The Morgan fingerprint density at radius 3 is 3.18 bits per heavy atom. The maximum absolute atomic E-state index is 6.40. The van der Waals surface area contributed by atoms with Crippen LogP contribution in [0, 0.1) is 0 Å². The number of H-pyrrole nitrogens is 1. The Labute approximate surface area is 166 Å². The average Bonchev–Trinajstić information content (AvgIpc) is 3.38. The molecule has 150 valence electrons. The van der Waals surface area contributed by atoms with Gasteiger partial charge >= 0.3 is 0 Å². The minimum atomic E-state index is -0.199. The van der Waals surface area contributed by atoms with E-state index in [2.05, 4.69) is 19.9 Å². The number of aliphatic imine (C=N–C) groups is 1. The number of imidazole rings is 1. The molecule has 2 aromatic heterocycles. The number of pyridine rings is 1. The Morgan fingerprint density at radius 1 is 1.46 bits per heavy atom. The zero-order valence-electron chi connectivity index (χ0n) is 15.4. The van der Waals surface area contributed by atoms with E-state index in [9.17, 15) is 0 Å². The summed E-state index contributed by atoms with van der Waals surface area (Å²) < 4.78 is 22.3. The van der Waals surface area contributed by atoms with Crippen LogP contribution in [0.1, 0.15) is 12.1 Å². The number of aromatic nitrogens is 3. The number of nitrogens with two attached hydrogens (primary N) is 1. The predicted molar refractivity (Wildman–Crippen MR) is 105 cm³/mol. The normalized spacial score (nSPS) is 25.1. The summed E-state index contributed by atoms with van der Waals surface area (Å²) in [4.78, 5) is 16.3. The summed E-state index contributed by atoms with van der Waals surface area (Å²) in [5, 5.41) is 0.431. The first-order valence-electron chi connectivity index (χ1n) is 9.06. The number of methoxy groups -OCH3 is 1. The number of hydrogen-bond acceptors (Lipinski definition) is 8. The van der Waals surface area contributed by atoms with Crippen LogP contribution in [0.4, 0.5) is 0 Å². The molecule has 2 fully saturated rings. The van der Waals surface area contributed by atoms with Gasteiger partial charge in [0, 0.05) is 31.7 Å². The monoisotopic (exact) mass is 407 g/mol. The first-order valence-corrected chi connectivity index (χ1v) is 9.44. The fraction of sp³-hybridized carbons (Fsp3) is 0.500. The predicted octanol–water partition coefficient (Wildman–Crippen LogP) is 1.56. The molecule has 0 radical (unpaired) electrons. The van der Waals surface area contributed by atoms with Crippen molar-refractivity contribution in [1.29, 1.82) is 0 Å². The van der Waals surface area contributed by atoms with Crippen LogP contribution in [0.5, 0.6) is 6.01 Å². The van der Waals surface area contributed by atoms with Gasteiger partial charge in [-0.1, -0.05) is 11.6 Å². The summed E-state index contributed by atoms with van der Waals surface area (Å²) in [7, 11) is 1.62. The number of hydrogen-bond donors (Lipinski definition) is 2. The van der Waals surface area contributed by atoms with E-state index in [1.54, 1.807) is 19.4 Å². The quantitative estimate of drug-likeness (QED) is 0.528. The van der Waals surface area contributed by atoms with Crippen LogP contribution in [0.25, 0.3) is 16.7 Å². The first kappa shape index (κ1) is 19.1. The van der Waals surface area contributed by atoms with Crippen LogP contribution >= 0.6 is 11.6 Å². The third-order valence-corrected chi connectivity index (χ3v) is 4.98. The summed E-state index contributed by atoms with van der Waals surface area (Å²) in [6, 6.07) is 2.10. The second-order valence-corrected chi connectivity index (χ2v) is 6.94. The second kappa shape index (κ2) is 8.44. The van der Waals surface area contributed by atoms with Crippen molar-refractivity contribution in [2.75, 3.05) is 33.5 Å². The van der Waals surface area contributed by atoms with Gasteiger partial charge in [0.1, 0.15) is 6.10 Å². The molecule has 0 spiro atoms. The van der Waals surface area contributed by atoms with E-state index in [0.717, 1.165) is 6.42 Å². The average molecular weight is 408 g/mol. The summed E-state index contributed by atoms with van der Waals surface area (Å²) >= 11 is 6.40. The molecule has 9 nitrogen and oxygen atoms in total. The maximum Gasteiger partial charge on any atom is 0.296 e. The molecule has 2 aromatic rings. The van der Waals surface area contributed by atoms with Crippen LogP contribution in [-0.2, 0) is 14.2 Å². The molecule has 10 heteroatoms. The van der Waals surface area contributed by atoms with Crippen LogP contribution in [0.3, 0.4) is 0 Å². The first-order chi connectivity index (χ1) is 13.7. The minimum absolute atomic E-state index is 0.0598. The number of aromatic amines is 1. The highest BCUT2D eigenvalue weighted by atomic mass is 35.5. The van der Waals surface area contributed by atoms with Gasteiger partial charge in [-0.3, -0.25) is 4.99 Å². The van der Waals surface area contributed by atoms with Gasteiger partial charge in [-0.15, -0.1) is 0 Å². The van der Waals surface area contributed by atoms with Crippen molar-refractivity contribution in [2.24, 2.45) is 10.7 Å². The van der Waals surface area contributed by atoms with Gasteiger partial charge in [-0.2, -0.15) is 4.98 Å². The van der Waals surface area contributed by atoms with Gasteiger partial charge in [-0.05, 0) is 12.5 Å². The minimum Gasteiger partial charge on any atom is -0.456 e. The lowest BCUT2D eigenvalue weighted by Crippen LogP contribution is -2.32. The zero-order chi connectivity index (χ0) is 19.5. The van der Waals surface area contributed by atoms with E-state index in [1.807, 2.05) is 0 Å². The fourth-order valence-electron chi connectivity index (χ4n) is 3.32. The highest BCUT2D eigenvalue weighted by Crippen LogP contribution is 2.30. The SMILES string of the molecule is COCCN=CC(=CN)c1nc2nc(OC3CO[C@@H]4CCO[C@H]34)[nH]c2cc1Cl. The standard InChI is InChI=1S/C18H22ClN5O4/c1-25-5-3-21-8-10(7-20)15-11(19)6-12-17(23-15)24-18(22-12)28-14-9-27-13-2-4-26-16(13)14/h6-8,13-14,16H,2-5,9,20H2,1H3,(H,22,23,24)/t13-,14?,16+/m1/s1. The summed E-state index contributed by atoms with van der Waals surface area (Å²) in [6.45, 7) is 2.20. The van der Waals surface area contributed by atoms with Crippen LogP contribution in [0.15, 0.2) is 17.3 Å². The van der Waals surface area contributed by atoms with Gasteiger partial charge < -0.3 is 29.7 Å². The van der Waals surface area contributed by atoms with E-state index in [-0.39, 0.29) is 18.3 Å². The molecule has 0 bridgehead atoms. The molecular formula is C18H22ClN5O4. The molecule has 2 saturated heterocycles. The summed E-state index contributed by atoms with van der Waals surface area (Å²) in [5.74, 6) is 0. The maximum atomic E-state index is 6.40. The van der Waals surface area contributed by atoms with Gasteiger partial charge in [0.2, 0.25) is 0 Å². The molecule has 2 aliphatic heterocycles. The van der Waals surface area contributed by atoms with E-state index in [4.69, 9.17) is 36.3 Å². The highest BCUT2D eigenvalue weighted by molar-refractivity contribution is 6.34. The number of nitrogens with one attached hydrogen (secondary N) is 1. The molecule has 0 saturated carbocycles. The van der Waals surface area contributed by atoms with Gasteiger partial charge in [0.25, 0.3) is 6.01 Å². The smallest absolute Gasteiger partial charge is 0.296 e. The largest absolute Gasteiger partial charge is 0.456 e. The lowest BCUT2D eigenvalue weighted by molar-refractivity contribution is 0.0273. The second-order valence-electron chi connectivity index (χ2n) is 6.53. The zero-order valence-corrected chi connectivity index (χ0v) is 16.2. The van der Waals surface area contributed by atoms with Gasteiger partial charge in [0.05, 0.1) is 42.1 Å². The number of rotatable bonds is 7. The third-order valence-electron chi connectivity index (χ3n) is 4.70. The van der Waals surface area contributed by atoms with Gasteiger partial charge in [0.15, 0.2) is 11.8 Å². The molecule has 2 aliphatic rings. The van der Waals surface area contributed by atoms with Crippen molar-refractivity contribution in [1.82, 2.24) is 15.0 Å². The molecule has 0 amide bonds. The topological polar surface area (TPSA) is 117 Å². The number of nitrogens with zero attached hydrogens (tertiary/aromatic N) is 3. The van der Waals surface area contributed by atoms with Crippen LogP contribution in [-0.4, -0.2) is 73.0 Å². The summed E-state index contributed by atoms with van der Waals surface area (Å²) in [5.41, 5.74) is 7.97. The van der Waals surface area contributed by atoms with Gasteiger partial charge in [-0.25, -0.2) is 4.98 Å². The van der Waals surface area contributed by atoms with Crippen molar-refractivity contribution in [3.05, 3.63) is 23.0 Å². The number of ether oxygens (including phenoxy) is 4. The molecule has 4 rings (SSSR count). The Bertz CT molecular complexity index is 899. The van der Waals surface area contributed by atoms with E-state index >= 15 is 0 Å². The summed E-state index contributed by atoms with van der Waals surface area (Å²) in [6.07, 6.45) is 3.77. The van der Waals surface area contributed by atoms with Crippen molar-refractivity contribution >= 4 is 34.6 Å².